The van der Waals surface area contributed by atoms with Crippen LogP contribution in [0.3, 0.4) is 0 Å². The van der Waals surface area contributed by atoms with Gasteiger partial charge in [-0.15, -0.1) is 30.9 Å². The van der Waals surface area contributed by atoms with Crippen molar-refractivity contribution in [2.75, 3.05) is 13.1 Å². The van der Waals surface area contributed by atoms with Gasteiger partial charge in [-0.1, -0.05) is 74.8 Å². The summed E-state index contributed by atoms with van der Waals surface area (Å²) in [4.78, 5) is 0. The van der Waals surface area contributed by atoms with Crippen LogP contribution >= 0.6 is 0 Å². The zero-order valence-electron chi connectivity index (χ0n) is 22.8. The normalized spacial score (nSPS) is 18.2. The molecular formula is C26H48N2O8Ru2. The molecule has 3 aliphatic rings. The van der Waals surface area contributed by atoms with Crippen LogP contribution in [-0.2, 0) is 39.0 Å². The fourth-order valence-electron chi connectivity index (χ4n) is 3.48. The van der Waals surface area contributed by atoms with Crippen LogP contribution in [0.25, 0.3) is 16.7 Å². The minimum Gasteiger partial charge on any atom is -0.681 e. The predicted molar refractivity (Wildman–Crippen MR) is 142 cm³/mol. The van der Waals surface area contributed by atoms with Crippen molar-refractivity contribution in [3.63, 3.8) is 0 Å². The summed E-state index contributed by atoms with van der Waals surface area (Å²) in [5.41, 5.74) is 2.35. The fourth-order valence-corrected chi connectivity index (χ4v) is 3.48. The van der Waals surface area contributed by atoms with Crippen LogP contribution in [0.5, 0.6) is 0 Å². The molecule has 10 nitrogen and oxygen atoms in total. The molecule has 1 aliphatic carbocycles. The van der Waals surface area contributed by atoms with Crippen LogP contribution in [0.2, 0.25) is 0 Å². The second-order valence-corrected chi connectivity index (χ2v) is 8.49. The summed E-state index contributed by atoms with van der Waals surface area (Å²) in [5.74, 6) is 0.988. The third-order valence-corrected chi connectivity index (χ3v) is 4.57. The maximum atomic E-state index is 7.61. The Morgan fingerprint density at radius 2 is 1.13 bits per heavy atom. The average Bonchev–Trinajstić information content (AvgIpc) is 2.78. The van der Waals surface area contributed by atoms with Crippen LogP contribution in [0.1, 0.15) is 71.8 Å². The SMILES string of the molecule is C1=Cc2ccccc2[N-]C1.C1CCC2[N-]CCCC2C1.CC(O)O.CC(O)O.CC(O)O.CC(O)O.[Ru+].[Ru+]. The maximum Gasteiger partial charge on any atom is 1.00 e. The minimum atomic E-state index is -1.17. The second kappa shape index (κ2) is 29.6. The molecule has 1 aromatic rings. The molecule has 2 unspecified atom stereocenters. The standard InChI is InChI=1S/C9H16N.C9H8N.4C2H6O2.2Ru/c2*1-2-6-9-8(4-1)5-3-7-10-9;4*1-2(3)4;;/h8-9H,1-7H2;1-6H,7H2;4*2-4H,1H3;;/q2*-1;;;;;2*+1. The molecule has 8 N–H and O–H groups in total. The predicted octanol–water partition coefficient (Wildman–Crippen LogP) is 2.69. The molecule has 2 fully saturated rings. The van der Waals surface area contributed by atoms with Gasteiger partial charge in [0.05, 0.1) is 0 Å². The third kappa shape index (κ3) is 33.7. The van der Waals surface area contributed by atoms with Gasteiger partial charge in [-0.25, -0.2) is 0 Å². The van der Waals surface area contributed by atoms with Crippen molar-refractivity contribution in [2.45, 2.75) is 97.4 Å². The summed E-state index contributed by atoms with van der Waals surface area (Å²) in [6.45, 7) is 7.10. The van der Waals surface area contributed by atoms with E-state index in [1.54, 1.807) is 0 Å². The van der Waals surface area contributed by atoms with Gasteiger partial charge in [0.2, 0.25) is 0 Å². The number of para-hydroxylation sites is 1. The smallest absolute Gasteiger partial charge is 0.681 e. The number of hydrogen-bond acceptors (Lipinski definition) is 8. The molecule has 0 spiro atoms. The van der Waals surface area contributed by atoms with Gasteiger partial charge in [-0.2, -0.15) is 0 Å². The van der Waals surface area contributed by atoms with Gasteiger partial charge in [0.25, 0.3) is 0 Å². The molecule has 2 atom stereocenters. The molecule has 2 radical (unpaired) electrons. The second-order valence-electron chi connectivity index (χ2n) is 8.49. The van der Waals surface area contributed by atoms with Gasteiger partial charge in [-0.3, -0.25) is 0 Å². The molecule has 2 heterocycles. The van der Waals surface area contributed by atoms with Gasteiger partial charge >= 0.3 is 39.0 Å². The Hall–Kier alpha value is -0.353. The summed E-state index contributed by atoms with van der Waals surface area (Å²) in [6, 6.07) is 8.95. The molecule has 38 heavy (non-hydrogen) atoms. The summed E-state index contributed by atoms with van der Waals surface area (Å²) < 4.78 is 0. The average molecular weight is 719 g/mol. The first-order chi connectivity index (χ1) is 16.9. The minimum absolute atomic E-state index is 0. The van der Waals surface area contributed by atoms with E-state index in [2.05, 4.69) is 28.9 Å². The molecular weight excluding hydrogens is 670 g/mol. The van der Waals surface area contributed by atoms with E-state index in [-0.39, 0.29) is 39.0 Å². The van der Waals surface area contributed by atoms with Crippen LogP contribution in [0.4, 0.5) is 5.69 Å². The van der Waals surface area contributed by atoms with E-state index in [0.29, 0.717) is 0 Å². The number of nitrogens with zero attached hydrogens (tertiary/aromatic N) is 2. The molecule has 0 amide bonds. The number of hydrogen-bond donors (Lipinski definition) is 8. The number of aliphatic hydroxyl groups excluding tert-OH is 4. The third-order valence-electron chi connectivity index (χ3n) is 4.57. The summed E-state index contributed by atoms with van der Waals surface area (Å²) in [5, 5.41) is 69.8. The first-order valence-corrected chi connectivity index (χ1v) is 12.4. The quantitative estimate of drug-likeness (QED) is 0.148. The van der Waals surface area contributed by atoms with E-state index in [9.17, 15) is 0 Å². The number of piperidine rings is 1. The van der Waals surface area contributed by atoms with E-state index in [0.717, 1.165) is 30.7 Å². The number of aliphatic hydroxyl groups is 8. The van der Waals surface area contributed by atoms with E-state index in [1.165, 1.54) is 71.8 Å². The molecule has 12 heteroatoms. The van der Waals surface area contributed by atoms with Crippen molar-refractivity contribution in [1.29, 1.82) is 0 Å². The Morgan fingerprint density at radius 3 is 1.61 bits per heavy atom. The topological polar surface area (TPSA) is 190 Å². The van der Waals surface area contributed by atoms with Gasteiger partial charge < -0.3 is 51.5 Å². The van der Waals surface area contributed by atoms with E-state index in [1.807, 2.05) is 18.2 Å². The molecule has 0 aromatic heterocycles. The monoisotopic (exact) mass is 720 g/mol. The van der Waals surface area contributed by atoms with Crippen LogP contribution in [-0.4, -0.2) is 85.1 Å². The van der Waals surface area contributed by atoms with Crippen LogP contribution < -0.4 is 0 Å². The Morgan fingerprint density at radius 1 is 0.684 bits per heavy atom. The molecule has 226 valence electrons. The van der Waals surface area contributed by atoms with E-state index >= 15 is 0 Å². The van der Waals surface area contributed by atoms with Crippen molar-refractivity contribution in [3.05, 3.63) is 46.5 Å². The summed E-state index contributed by atoms with van der Waals surface area (Å²) in [6.07, 6.45) is 8.11. The zero-order chi connectivity index (χ0) is 27.9. The Bertz CT molecular complexity index is 592. The summed E-state index contributed by atoms with van der Waals surface area (Å²) >= 11 is 0. The van der Waals surface area contributed by atoms with Crippen molar-refractivity contribution in [2.24, 2.45) is 5.92 Å². The molecule has 4 rings (SSSR count). The largest absolute Gasteiger partial charge is 1.00 e. The van der Waals surface area contributed by atoms with E-state index in [4.69, 9.17) is 40.9 Å². The van der Waals surface area contributed by atoms with Crippen molar-refractivity contribution < 1.29 is 79.8 Å². The van der Waals surface area contributed by atoms with Crippen LogP contribution in [0.15, 0.2) is 30.3 Å². The zero-order valence-corrected chi connectivity index (χ0v) is 26.2. The maximum absolute atomic E-state index is 7.61. The molecule has 0 bridgehead atoms. The number of rotatable bonds is 0. The molecule has 1 saturated carbocycles. The first kappa shape index (κ1) is 44.7. The van der Waals surface area contributed by atoms with Crippen molar-refractivity contribution in [3.8, 4) is 0 Å². The Kier molecular flexibility index (Phi) is 34.8. The van der Waals surface area contributed by atoms with E-state index < -0.39 is 25.2 Å². The fraction of sp³-hybridized carbons (Fsp3) is 0.692. The number of fused-ring (bicyclic) bond motifs is 2. The van der Waals surface area contributed by atoms with Gasteiger partial charge in [0, 0.05) is 0 Å². The van der Waals surface area contributed by atoms with Crippen LogP contribution in [0, 0.1) is 5.92 Å². The summed E-state index contributed by atoms with van der Waals surface area (Å²) in [7, 11) is 0. The number of benzene rings is 1. The van der Waals surface area contributed by atoms with Crippen molar-refractivity contribution >= 4 is 11.8 Å². The molecule has 1 saturated heterocycles. The Balaban J connectivity index is -0.000000194. The first-order valence-electron chi connectivity index (χ1n) is 12.4. The van der Waals surface area contributed by atoms with Gasteiger partial charge in [0.15, 0.2) is 0 Å². The van der Waals surface area contributed by atoms with Gasteiger partial charge in [-0.05, 0) is 33.3 Å². The molecule has 2 aliphatic heterocycles. The van der Waals surface area contributed by atoms with Gasteiger partial charge in [0.1, 0.15) is 25.2 Å². The molecule has 1 aromatic carbocycles. The Labute approximate surface area is 253 Å². The van der Waals surface area contributed by atoms with Crippen molar-refractivity contribution in [1.82, 2.24) is 0 Å².